The molecule has 0 unspecified atom stereocenters. The molecule has 0 radical (unpaired) electrons. The van der Waals surface area contributed by atoms with Gasteiger partial charge in [-0.05, 0) is 0 Å². The monoisotopic (exact) mass is 414 g/mol. The lowest BCUT2D eigenvalue weighted by Crippen LogP contribution is -2.63. The molecule has 2 saturated heterocycles. The highest BCUT2D eigenvalue weighted by Crippen LogP contribution is 2.37. The Labute approximate surface area is 152 Å². The maximum atomic E-state index is 12.6. The number of alkyl halides is 3. The van der Waals surface area contributed by atoms with E-state index < -0.39 is 52.6 Å². The quantitative estimate of drug-likeness (QED) is 0.577. The summed E-state index contributed by atoms with van der Waals surface area (Å²) >= 11 is 0. The van der Waals surface area contributed by atoms with Crippen molar-refractivity contribution >= 4 is 10.1 Å². The molecule has 0 aliphatic carbocycles. The standard InChI is InChI=1S/C15H17F3O8S/c1-22-14-12(26-27(20,21)15(16,17)18)10(19)11-9(24-14)7-23-13(25-11)8-5-3-2-4-6-8/h2-6,9-14,19H,7H2,1H3/t9-,10+,11-,12-,13-,14+/m1/s1. The van der Waals surface area contributed by atoms with Gasteiger partial charge in [-0.1, -0.05) is 30.3 Å². The first-order chi connectivity index (χ1) is 12.6. The number of hydrogen-bond donors (Lipinski definition) is 1. The van der Waals surface area contributed by atoms with E-state index in [4.69, 9.17) is 18.9 Å². The Morgan fingerprint density at radius 2 is 1.85 bits per heavy atom. The number of rotatable bonds is 4. The van der Waals surface area contributed by atoms with Gasteiger partial charge in [0.2, 0.25) is 0 Å². The smallest absolute Gasteiger partial charge is 0.387 e. The zero-order chi connectivity index (χ0) is 19.8. The number of hydrogen-bond acceptors (Lipinski definition) is 8. The highest BCUT2D eigenvalue weighted by molar-refractivity contribution is 7.87. The fraction of sp³-hybridized carbons (Fsp3) is 0.600. The van der Waals surface area contributed by atoms with Crippen LogP contribution >= 0.6 is 0 Å². The zero-order valence-electron chi connectivity index (χ0n) is 13.9. The molecule has 1 aromatic carbocycles. The number of ether oxygens (including phenoxy) is 4. The Balaban J connectivity index is 1.81. The summed E-state index contributed by atoms with van der Waals surface area (Å²) in [6, 6.07) is 8.61. The minimum Gasteiger partial charge on any atom is -0.387 e. The predicted molar refractivity (Wildman–Crippen MR) is 81.5 cm³/mol. The number of fused-ring (bicyclic) bond motifs is 1. The third-order valence-electron chi connectivity index (χ3n) is 4.13. The molecule has 2 aliphatic rings. The molecule has 0 aromatic heterocycles. The number of benzene rings is 1. The van der Waals surface area contributed by atoms with Gasteiger partial charge in [-0.3, -0.25) is 4.18 Å². The van der Waals surface area contributed by atoms with Gasteiger partial charge < -0.3 is 24.1 Å². The molecule has 152 valence electrons. The first-order valence-corrected chi connectivity index (χ1v) is 9.23. The van der Waals surface area contributed by atoms with Crippen molar-refractivity contribution in [1.82, 2.24) is 0 Å². The van der Waals surface area contributed by atoms with Gasteiger partial charge in [-0.2, -0.15) is 21.6 Å². The lowest BCUT2D eigenvalue weighted by molar-refractivity contribution is -0.355. The van der Waals surface area contributed by atoms with E-state index in [0.717, 1.165) is 7.11 Å². The molecule has 0 amide bonds. The number of methoxy groups -OCH3 is 1. The zero-order valence-corrected chi connectivity index (χ0v) is 14.7. The summed E-state index contributed by atoms with van der Waals surface area (Å²) in [5.41, 5.74) is -5.05. The van der Waals surface area contributed by atoms with Crippen molar-refractivity contribution in [2.24, 2.45) is 0 Å². The largest absolute Gasteiger partial charge is 0.523 e. The first-order valence-electron chi connectivity index (χ1n) is 7.82. The van der Waals surface area contributed by atoms with E-state index in [0.29, 0.717) is 5.56 Å². The molecular weight excluding hydrogens is 397 g/mol. The van der Waals surface area contributed by atoms with E-state index >= 15 is 0 Å². The Morgan fingerprint density at radius 1 is 1.19 bits per heavy atom. The van der Waals surface area contributed by atoms with Gasteiger partial charge >= 0.3 is 15.6 Å². The SMILES string of the molecule is CO[C@H]1O[C@@H]2CO[C@@H](c3ccccc3)O[C@H]2[C@H](O)[C@H]1OS(=O)(=O)C(F)(F)F. The van der Waals surface area contributed by atoms with E-state index in [1.54, 1.807) is 30.3 Å². The summed E-state index contributed by atoms with van der Waals surface area (Å²) in [5, 5.41) is 10.5. The molecule has 0 spiro atoms. The van der Waals surface area contributed by atoms with Crippen LogP contribution in [0, 0.1) is 0 Å². The van der Waals surface area contributed by atoms with Crippen molar-refractivity contribution in [1.29, 1.82) is 0 Å². The molecule has 1 aromatic rings. The van der Waals surface area contributed by atoms with Gasteiger partial charge in [0.1, 0.15) is 18.3 Å². The van der Waals surface area contributed by atoms with Crippen molar-refractivity contribution in [3.8, 4) is 0 Å². The fourth-order valence-corrected chi connectivity index (χ4v) is 3.45. The molecule has 12 heteroatoms. The fourth-order valence-electron chi connectivity index (χ4n) is 2.84. The molecular formula is C15H17F3O8S. The van der Waals surface area contributed by atoms with E-state index in [1.807, 2.05) is 0 Å². The molecule has 2 heterocycles. The summed E-state index contributed by atoms with van der Waals surface area (Å²) in [7, 11) is -4.91. The van der Waals surface area contributed by atoms with Crippen LogP contribution in [0.3, 0.4) is 0 Å². The van der Waals surface area contributed by atoms with E-state index in [-0.39, 0.29) is 6.61 Å². The van der Waals surface area contributed by atoms with Crippen molar-refractivity contribution in [2.45, 2.75) is 42.5 Å². The minimum absolute atomic E-state index is 0.0557. The minimum atomic E-state index is -5.98. The van der Waals surface area contributed by atoms with Gasteiger partial charge in [0.05, 0.1) is 6.61 Å². The molecule has 0 saturated carbocycles. The molecule has 2 fully saturated rings. The number of aliphatic hydroxyl groups is 1. The molecule has 6 atom stereocenters. The summed E-state index contributed by atoms with van der Waals surface area (Å²) in [5.74, 6) is 0. The molecule has 8 nitrogen and oxygen atoms in total. The van der Waals surface area contributed by atoms with Gasteiger partial charge in [-0.25, -0.2) is 0 Å². The van der Waals surface area contributed by atoms with Crippen LogP contribution in [-0.2, 0) is 33.2 Å². The highest BCUT2D eigenvalue weighted by Gasteiger charge is 2.56. The maximum Gasteiger partial charge on any atom is 0.523 e. The second-order valence-corrected chi connectivity index (χ2v) is 7.47. The normalized spacial score (nSPS) is 34.9. The number of aliphatic hydroxyl groups excluding tert-OH is 1. The van der Waals surface area contributed by atoms with Crippen LogP contribution in [0.25, 0.3) is 0 Å². The third-order valence-corrected chi connectivity index (χ3v) is 5.18. The van der Waals surface area contributed by atoms with E-state index in [9.17, 15) is 26.7 Å². The van der Waals surface area contributed by atoms with Gasteiger partial charge in [-0.15, -0.1) is 0 Å². The van der Waals surface area contributed by atoms with E-state index in [1.165, 1.54) is 0 Å². The average molecular weight is 414 g/mol. The van der Waals surface area contributed by atoms with Crippen molar-refractivity contribution < 1.29 is 49.8 Å². The molecule has 0 bridgehead atoms. The van der Waals surface area contributed by atoms with Gasteiger partial charge in [0.25, 0.3) is 0 Å². The van der Waals surface area contributed by atoms with Gasteiger partial charge in [0, 0.05) is 12.7 Å². The van der Waals surface area contributed by atoms with E-state index in [2.05, 4.69) is 4.18 Å². The van der Waals surface area contributed by atoms with Crippen LogP contribution in [-0.4, -0.2) is 63.5 Å². The first kappa shape index (κ1) is 20.5. The van der Waals surface area contributed by atoms with Crippen LogP contribution in [0.1, 0.15) is 11.9 Å². The van der Waals surface area contributed by atoms with Crippen LogP contribution in [0.5, 0.6) is 0 Å². The summed E-state index contributed by atoms with van der Waals surface area (Å²) < 4.78 is 86.1. The van der Waals surface area contributed by atoms with Crippen molar-refractivity contribution in [3.63, 3.8) is 0 Å². The molecule has 3 rings (SSSR count). The average Bonchev–Trinajstić information content (AvgIpc) is 2.63. The lowest BCUT2D eigenvalue weighted by Gasteiger charge is -2.46. The van der Waals surface area contributed by atoms with Crippen LogP contribution < -0.4 is 0 Å². The third kappa shape index (κ3) is 4.11. The van der Waals surface area contributed by atoms with Crippen LogP contribution in [0.15, 0.2) is 30.3 Å². The molecule has 27 heavy (non-hydrogen) atoms. The Hall–Kier alpha value is -1.28. The predicted octanol–water partition coefficient (Wildman–Crippen LogP) is 1.07. The second-order valence-electron chi connectivity index (χ2n) is 5.91. The summed E-state index contributed by atoms with van der Waals surface area (Å²) in [6.07, 6.45) is -8.32. The summed E-state index contributed by atoms with van der Waals surface area (Å²) in [6.45, 7) is -0.0557. The number of halogens is 3. The van der Waals surface area contributed by atoms with Crippen molar-refractivity contribution in [2.75, 3.05) is 13.7 Å². The molecule has 2 aliphatic heterocycles. The van der Waals surface area contributed by atoms with Crippen LogP contribution in [0.2, 0.25) is 0 Å². The van der Waals surface area contributed by atoms with Crippen LogP contribution in [0.4, 0.5) is 13.2 Å². The highest BCUT2D eigenvalue weighted by atomic mass is 32.2. The maximum absolute atomic E-state index is 12.6. The van der Waals surface area contributed by atoms with Crippen molar-refractivity contribution in [3.05, 3.63) is 35.9 Å². The second kappa shape index (κ2) is 7.62. The Kier molecular flexibility index (Phi) is 5.77. The topological polar surface area (TPSA) is 101 Å². The summed E-state index contributed by atoms with van der Waals surface area (Å²) in [4.78, 5) is 0. The van der Waals surface area contributed by atoms with Gasteiger partial charge in [0.15, 0.2) is 18.7 Å². The lowest BCUT2D eigenvalue weighted by atomic mass is 9.98. The molecule has 1 N–H and O–H groups in total. The Morgan fingerprint density at radius 3 is 2.44 bits per heavy atom. The Bertz CT molecular complexity index is 741.